The van der Waals surface area contributed by atoms with Crippen molar-refractivity contribution in [1.29, 1.82) is 5.41 Å². The molecule has 1 atom stereocenters. The highest BCUT2D eigenvalue weighted by Crippen LogP contribution is 2.44. The molecule has 18 heteroatoms. The van der Waals surface area contributed by atoms with E-state index in [1.54, 1.807) is 23.9 Å². The number of benzene rings is 3. The van der Waals surface area contributed by atoms with Crippen LogP contribution in [0.4, 0.5) is 15.9 Å². The normalized spacial score (nSPS) is 19.0. The molecule has 3 aromatic carbocycles. The van der Waals surface area contributed by atoms with E-state index in [0.29, 0.717) is 53.3 Å². The molecule has 0 bridgehead atoms. The molecule has 4 aromatic rings. The topological polar surface area (TPSA) is 212 Å². The number of allylic oxidation sites excluding steroid dienone is 1. The Morgan fingerprint density at radius 2 is 1.93 bits per heavy atom. The average Bonchev–Trinajstić information content (AvgIpc) is 3.78. The number of aromatic nitrogens is 2. The molecule has 7 rings (SSSR count). The van der Waals surface area contributed by atoms with Crippen LogP contribution >= 0.6 is 0 Å². The van der Waals surface area contributed by atoms with Crippen molar-refractivity contribution < 1.29 is 27.1 Å². The first-order valence-corrected chi connectivity index (χ1v) is 20.6. The number of amides is 2. The van der Waals surface area contributed by atoms with E-state index in [9.17, 15) is 18.0 Å². The van der Waals surface area contributed by atoms with Crippen molar-refractivity contribution in [3.63, 3.8) is 0 Å². The van der Waals surface area contributed by atoms with Crippen molar-refractivity contribution in [3.8, 4) is 0 Å². The molecular formula is C41H46FN11O5S. The molecule has 2 aliphatic heterocycles. The molecule has 1 fully saturated rings. The maximum Gasteiger partial charge on any atom is 0.221 e. The summed E-state index contributed by atoms with van der Waals surface area (Å²) < 4.78 is 50.9. The first-order valence-electron chi connectivity index (χ1n) is 19.1. The summed E-state index contributed by atoms with van der Waals surface area (Å²) in [6.45, 7) is 3.89. The summed E-state index contributed by atoms with van der Waals surface area (Å²) in [6.07, 6.45) is 6.04. The van der Waals surface area contributed by atoms with Crippen molar-refractivity contribution in [3.05, 3.63) is 101 Å². The highest BCUT2D eigenvalue weighted by atomic mass is 32.2. The zero-order valence-corrected chi connectivity index (χ0v) is 33.8. The third-order valence-electron chi connectivity index (χ3n) is 10.5. The van der Waals surface area contributed by atoms with Crippen LogP contribution < -0.4 is 26.7 Å². The molecule has 308 valence electrons. The minimum absolute atomic E-state index is 0.0252. The number of hydrogen-bond acceptors (Lipinski definition) is 13. The van der Waals surface area contributed by atoms with Gasteiger partial charge in [0.15, 0.2) is 23.7 Å². The van der Waals surface area contributed by atoms with Crippen LogP contribution in [0, 0.1) is 17.1 Å². The summed E-state index contributed by atoms with van der Waals surface area (Å²) in [5.41, 5.74) is 12.4. The summed E-state index contributed by atoms with van der Waals surface area (Å²) >= 11 is 0. The van der Waals surface area contributed by atoms with Gasteiger partial charge in [0, 0.05) is 50.4 Å². The average molecular weight is 824 g/mol. The minimum Gasteiger partial charge on any atom is -0.485 e. The van der Waals surface area contributed by atoms with Crippen molar-refractivity contribution >= 4 is 63.0 Å². The summed E-state index contributed by atoms with van der Waals surface area (Å²) in [6, 6.07) is 16.7. The Morgan fingerprint density at radius 3 is 2.63 bits per heavy atom. The highest BCUT2D eigenvalue weighted by molar-refractivity contribution is 7.91. The fourth-order valence-electron chi connectivity index (χ4n) is 7.44. The van der Waals surface area contributed by atoms with E-state index >= 15 is 4.39 Å². The molecule has 16 nitrogen and oxygen atoms in total. The number of rotatable bonds is 16. The predicted octanol–water partition coefficient (Wildman–Crippen LogP) is 4.47. The molecule has 1 aliphatic carbocycles. The Bertz CT molecular complexity index is 2540. The maximum absolute atomic E-state index is 15.6. The number of fused-ring (bicyclic) bond motifs is 2. The lowest BCUT2D eigenvalue weighted by Gasteiger charge is -2.36. The van der Waals surface area contributed by atoms with Gasteiger partial charge in [-0.15, -0.1) is 0 Å². The Morgan fingerprint density at radius 1 is 1.15 bits per heavy atom. The molecule has 1 unspecified atom stereocenters. The molecule has 59 heavy (non-hydrogen) atoms. The number of sulfone groups is 1. The monoisotopic (exact) mass is 823 g/mol. The number of carbonyl (C=O) groups is 2. The van der Waals surface area contributed by atoms with Gasteiger partial charge in [-0.3, -0.25) is 19.2 Å². The van der Waals surface area contributed by atoms with Crippen LogP contribution in [0.25, 0.3) is 10.9 Å². The zero-order valence-electron chi connectivity index (χ0n) is 33.0. The summed E-state index contributed by atoms with van der Waals surface area (Å²) in [5, 5.41) is 20.1. The Kier molecular flexibility index (Phi) is 11.6. The van der Waals surface area contributed by atoms with Crippen molar-refractivity contribution in [1.82, 2.24) is 25.5 Å². The number of nitrogens with one attached hydrogen (secondary N) is 4. The lowest BCUT2D eigenvalue weighted by atomic mass is 9.69. The van der Waals surface area contributed by atoms with E-state index in [1.165, 1.54) is 40.6 Å². The van der Waals surface area contributed by atoms with Crippen LogP contribution in [0.2, 0.25) is 0 Å². The van der Waals surface area contributed by atoms with Gasteiger partial charge in [0.1, 0.15) is 17.9 Å². The number of nitrogens with zero attached hydrogens (tertiary/aromatic N) is 6. The number of carbonyl (C=O) groups excluding carboxylic acids is 2. The van der Waals surface area contributed by atoms with Gasteiger partial charge in [0.2, 0.25) is 22.2 Å². The van der Waals surface area contributed by atoms with Gasteiger partial charge >= 0.3 is 0 Å². The SMILES string of the molecule is CNC(=O)CCN(C=O)c1nn(C)c2cc(C3CC(Cc4cccc(S(=O)(=O)c5ccc(NC6N=C7C(OC(C)C)=C(/C(C=N)=C/N)N=CN7N6)c(F)c5)c4)C3)ccc12. The first kappa shape index (κ1) is 40.8. The van der Waals surface area contributed by atoms with Gasteiger partial charge in [-0.2, -0.15) is 10.5 Å². The number of hydrazine groups is 1. The molecule has 0 saturated heterocycles. The lowest BCUT2D eigenvalue weighted by molar-refractivity contribution is -0.120. The number of halogens is 1. The molecule has 3 heterocycles. The van der Waals surface area contributed by atoms with Gasteiger partial charge < -0.3 is 26.5 Å². The lowest BCUT2D eigenvalue weighted by Crippen LogP contribution is -2.44. The van der Waals surface area contributed by atoms with Crippen LogP contribution in [0.15, 0.2) is 104 Å². The zero-order chi connectivity index (χ0) is 42.0. The highest BCUT2D eigenvalue weighted by Gasteiger charge is 2.35. The largest absolute Gasteiger partial charge is 0.485 e. The van der Waals surface area contributed by atoms with E-state index in [1.807, 2.05) is 33.0 Å². The van der Waals surface area contributed by atoms with Crippen LogP contribution in [0.5, 0.6) is 0 Å². The van der Waals surface area contributed by atoms with E-state index < -0.39 is 21.9 Å². The van der Waals surface area contributed by atoms with Gasteiger partial charge in [-0.05, 0) is 98.5 Å². The maximum atomic E-state index is 15.6. The van der Waals surface area contributed by atoms with E-state index in [0.717, 1.165) is 47.2 Å². The minimum atomic E-state index is -4.05. The van der Waals surface area contributed by atoms with Crippen molar-refractivity contribution in [2.45, 2.75) is 67.6 Å². The summed E-state index contributed by atoms with van der Waals surface area (Å²) in [5.74, 6) is 0.868. The van der Waals surface area contributed by atoms with Gasteiger partial charge in [0.25, 0.3) is 0 Å². The van der Waals surface area contributed by atoms with Crippen molar-refractivity contribution in [2.24, 2.45) is 28.7 Å². The molecule has 0 radical (unpaired) electrons. The first-order chi connectivity index (χ1) is 28.3. The second-order valence-corrected chi connectivity index (χ2v) is 16.8. The molecule has 0 spiro atoms. The fourth-order valence-corrected chi connectivity index (χ4v) is 8.78. The molecule has 3 aliphatic rings. The number of ether oxygens (including phenoxy) is 1. The van der Waals surface area contributed by atoms with E-state index in [-0.39, 0.29) is 40.5 Å². The second-order valence-electron chi connectivity index (χ2n) is 14.8. The quantitative estimate of drug-likeness (QED) is 0.0791. The number of anilines is 2. The molecule has 2 amide bonds. The molecule has 1 saturated carbocycles. The molecular weight excluding hydrogens is 778 g/mol. The number of nitrogens with two attached hydrogens (primary N) is 1. The number of aliphatic imine (C=N–C) groups is 2. The predicted molar refractivity (Wildman–Crippen MR) is 223 cm³/mol. The van der Waals surface area contributed by atoms with Crippen LogP contribution in [-0.4, -0.2) is 79.9 Å². The Hall–Kier alpha value is -6.40. The third kappa shape index (κ3) is 8.31. The second kappa shape index (κ2) is 16.8. The number of hydrogen-bond donors (Lipinski definition) is 5. The molecule has 1 aromatic heterocycles. The van der Waals surface area contributed by atoms with Crippen molar-refractivity contribution in [2.75, 3.05) is 23.8 Å². The summed E-state index contributed by atoms with van der Waals surface area (Å²) in [7, 11) is -0.664. The van der Waals surface area contributed by atoms with Crippen LogP contribution in [0.3, 0.4) is 0 Å². The van der Waals surface area contributed by atoms with E-state index in [2.05, 4.69) is 43.3 Å². The smallest absolute Gasteiger partial charge is 0.221 e. The molecule has 6 N–H and O–H groups in total. The number of aryl methyl sites for hydroxylation is 1. The van der Waals surface area contributed by atoms with Crippen LogP contribution in [-0.2, 0) is 37.6 Å². The third-order valence-corrected chi connectivity index (χ3v) is 12.3. The van der Waals surface area contributed by atoms with Gasteiger partial charge in [0.05, 0.1) is 27.1 Å². The van der Waals surface area contributed by atoms with Crippen LogP contribution in [0.1, 0.15) is 50.2 Å². The standard InChI is InChI=1S/C41H46FN11O5S/c1-24(2)58-38-37(29(20-43)21-44)46-22-53-40(38)48-41(50-53)47-34-11-9-31(19-33(34)42)59(56,57)30-7-5-6-25(17-30)14-26-15-28(16-26)27-8-10-32-35(18-27)51(4)49-39(32)52(23-54)13-12-36(55)45-3/h5-11,17-24,26,28,41,43,47,50H,12-16,44H2,1-4H3,(H,45,55)/b29-21+,43-20?. The Labute approximate surface area is 341 Å². The fraction of sp³-hybridized carbons (Fsp3) is 0.317. The summed E-state index contributed by atoms with van der Waals surface area (Å²) in [4.78, 5) is 34.0. The Balaban J connectivity index is 0.995. The number of amidine groups is 1. The van der Waals surface area contributed by atoms with Gasteiger partial charge in [-0.1, -0.05) is 18.2 Å². The van der Waals surface area contributed by atoms with E-state index in [4.69, 9.17) is 15.9 Å². The van der Waals surface area contributed by atoms with Gasteiger partial charge in [-0.25, -0.2) is 27.8 Å².